The number of anilines is 2. The molecule has 4 N–H and O–H groups in total. The Balaban J connectivity index is 1.62. The van der Waals surface area contributed by atoms with Gasteiger partial charge in [-0.2, -0.15) is 31.4 Å². The monoisotopic (exact) mass is 488 g/mol. The number of nitrogen functional groups attached to an aromatic ring is 1. The first-order valence-corrected chi connectivity index (χ1v) is 9.87. The van der Waals surface area contributed by atoms with Gasteiger partial charge in [-0.15, -0.1) is 0 Å². The van der Waals surface area contributed by atoms with Gasteiger partial charge in [0.15, 0.2) is 5.82 Å². The minimum Gasteiger partial charge on any atom is -0.382 e. The van der Waals surface area contributed by atoms with Crippen LogP contribution in [0.5, 0.6) is 0 Å². The van der Waals surface area contributed by atoms with Crippen LogP contribution < -0.4 is 11.1 Å². The van der Waals surface area contributed by atoms with Gasteiger partial charge in [-0.3, -0.25) is 9.89 Å². The molecule has 11 heteroatoms. The van der Waals surface area contributed by atoms with Crippen molar-refractivity contribution in [1.82, 2.24) is 10.2 Å². The molecule has 0 bridgehead atoms. The quantitative estimate of drug-likeness (QED) is 0.245. The third kappa shape index (κ3) is 5.22. The number of H-pyrrole nitrogens is 1. The molecule has 0 fully saturated rings. The van der Waals surface area contributed by atoms with Crippen LogP contribution in [0.15, 0.2) is 60.7 Å². The van der Waals surface area contributed by atoms with E-state index in [9.17, 15) is 31.1 Å². The number of carbonyl (C=O) groups is 1. The predicted molar refractivity (Wildman–Crippen MR) is 117 cm³/mol. The Hall–Kier alpha value is -4.46. The van der Waals surface area contributed by atoms with Crippen LogP contribution in [0.25, 0.3) is 10.9 Å². The van der Waals surface area contributed by atoms with Gasteiger partial charge in [0.05, 0.1) is 22.0 Å². The van der Waals surface area contributed by atoms with Crippen LogP contribution in [0.4, 0.5) is 37.8 Å². The number of halogens is 6. The SMILES string of the molecule is Nc1n[nH]c2cccc(C#Cc3cccc(NC(=O)c4cc(C(F)(F)F)cc(C(F)(F)F)c4)c3)c12. The molecular formula is C24H14F6N4O. The van der Waals surface area contributed by atoms with E-state index in [1.165, 1.54) is 18.2 Å². The molecule has 3 aromatic carbocycles. The number of alkyl halides is 6. The van der Waals surface area contributed by atoms with Crippen molar-refractivity contribution in [3.05, 3.63) is 88.5 Å². The molecule has 0 radical (unpaired) electrons. The molecule has 4 rings (SSSR count). The second-order valence-corrected chi connectivity index (χ2v) is 7.42. The molecule has 0 aliphatic rings. The molecule has 1 amide bonds. The summed E-state index contributed by atoms with van der Waals surface area (Å²) in [5.41, 5.74) is 3.76. The summed E-state index contributed by atoms with van der Waals surface area (Å²) in [6.45, 7) is 0. The summed E-state index contributed by atoms with van der Waals surface area (Å²) in [4.78, 5) is 12.5. The maximum atomic E-state index is 13.1. The van der Waals surface area contributed by atoms with Crippen molar-refractivity contribution in [1.29, 1.82) is 0 Å². The van der Waals surface area contributed by atoms with Crippen molar-refractivity contribution in [2.75, 3.05) is 11.1 Å². The molecule has 0 saturated carbocycles. The maximum absolute atomic E-state index is 13.1. The minimum absolute atomic E-state index is 0.0414. The molecular weight excluding hydrogens is 474 g/mol. The van der Waals surface area contributed by atoms with E-state index in [0.29, 0.717) is 34.2 Å². The Morgan fingerprint density at radius 2 is 1.54 bits per heavy atom. The summed E-state index contributed by atoms with van der Waals surface area (Å²) in [5, 5.41) is 9.64. The summed E-state index contributed by atoms with van der Waals surface area (Å²) in [6.07, 6.45) is -10.1. The van der Waals surface area contributed by atoms with Gasteiger partial charge < -0.3 is 11.1 Å². The molecule has 1 heterocycles. The van der Waals surface area contributed by atoms with Gasteiger partial charge in [-0.1, -0.05) is 24.0 Å². The molecule has 35 heavy (non-hydrogen) atoms. The number of nitrogens with one attached hydrogen (secondary N) is 2. The highest BCUT2D eigenvalue weighted by Gasteiger charge is 2.37. The number of rotatable bonds is 2. The Bertz CT molecular complexity index is 1460. The van der Waals surface area contributed by atoms with Crippen molar-refractivity contribution in [2.24, 2.45) is 0 Å². The van der Waals surface area contributed by atoms with Gasteiger partial charge in [0.25, 0.3) is 5.91 Å². The van der Waals surface area contributed by atoms with Crippen molar-refractivity contribution in [3.63, 3.8) is 0 Å². The lowest BCUT2D eigenvalue weighted by Gasteiger charge is -2.14. The molecule has 0 unspecified atom stereocenters. The first-order valence-electron chi connectivity index (χ1n) is 9.87. The minimum atomic E-state index is -5.06. The zero-order chi connectivity index (χ0) is 25.4. The number of benzene rings is 3. The molecule has 0 saturated heterocycles. The van der Waals surface area contributed by atoms with E-state index in [4.69, 9.17) is 5.73 Å². The molecule has 178 valence electrons. The van der Waals surface area contributed by atoms with E-state index < -0.39 is 35.0 Å². The average Bonchev–Trinajstić information content (AvgIpc) is 3.18. The lowest BCUT2D eigenvalue weighted by molar-refractivity contribution is -0.143. The van der Waals surface area contributed by atoms with Crippen molar-refractivity contribution < 1.29 is 31.1 Å². The lowest BCUT2D eigenvalue weighted by Crippen LogP contribution is -2.17. The summed E-state index contributed by atoms with van der Waals surface area (Å²) in [7, 11) is 0. The highest BCUT2D eigenvalue weighted by Crippen LogP contribution is 2.36. The van der Waals surface area contributed by atoms with E-state index >= 15 is 0 Å². The number of hydrogen-bond acceptors (Lipinski definition) is 3. The number of nitrogens with two attached hydrogens (primary N) is 1. The number of nitrogens with zero attached hydrogens (tertiary/aromatic N) is 1. The molecule has 0 aliphatic carbocycles. The Morgan fingerprint density at radius 1 is 0.886 bits per heavy atom. The Labute approximate surface area is 193 Å². The topological polar surface area (TPSA) is 83.8 Å². The fourth-order valence-electron chi connectivity index (χ4n) is 3.31. The smallest absolute Gasteiger partial charge is 0.382 e. The summed E-state index contributed by atoms with van der Waals surface area (Å²) in [5.74, 6) is 4.96. The third-order valence-corrected chi connectivity index (χ3v) is 4.93. The van der Waals surface area contributed by atoms with Crippen LogP contribution >= 0.6 is 0 Å². The Morgan fingerprint density at radius 3 is 2.20 bits per heavy atom. The average molecular weight is 488 g/mol. The second kappa shape index (κ2) is 8.72. The highest BCUT2D eigenvalue weighted by molar-refractivity contribution is 6.04. The van der Waals surface area contributed by atoms with Crippen LogP contribution in [0.2, 0.25) is 0 Å². The number of amides is 1. The van der Waals surface area contributed by atoms with E-state index in [2.05, 4.69) is 27.4 Å². The van der Waals surface area contributed by atoms with Crippen LogP contribution in [-0.2, 0) is 12.4 Å². The third-order valence-electron chi connectivity index (χ3n) is 4.93. The van der Waals surface area contributed by atoms with Gasteiger partial charge in [0, 0.05) is 22.4 Å². The first kappa shape index (κ1) is 23.7. The largest absolute Gasteiger partial charge is 0.416 e. The summed E-state index contributed by atoms with van der Waals surface area (Å²) in [6, 6.07) is 12.0. The molecule has 5 nitrogen and oxygen atoms in total. The maximum Gasteiger partial charge on any atom is 0.416 e. The van der Waals surface area contributed by atoms with Crippen molar-refractivity contribution in [3.8, 4) is 11.8 Å². The van der Waals surface area contributed by atoms with Crippen LogP contribution in [0, 0.1) is 11.8 Å². The predicted octanol–water partition coefficient (Wildman–Crippen LogP) is 5.83. The van der Waals surface area contributed by atoms with E-state index in [1.54, 1.807) is 24.3 Å². The number of aromatic nitrogens is 2. The second-order valence-electron chi connectivity index (χ2n) is 7.42. The zero-order valence-electron chi connectivity index (χ0n) is 17.5. The van der Waals surface area contributed by atoms with Gasteiger partial charge in [-0.25, -0.2) is 0 Å². The van der Waals surface area contributed by atoms with Gasteiger partial charge in [0.1, 0.15) is 0 Å². The van der Waals surface area contributed by atoms with E-state index in [1.807, 2.05) is 0 Å². The summed E-state index contributed by atoms with van der Waals surface area (Å²) < 4.78 is 78.5. The van der Waals surface area contributed by atoms with Crippen LogP contribution in [0.3, 0.4) is 0 Å². The number of hydrogen-bond donors (Lipinski definition) is 3. The Kier molecular flexibility index (Phi) is 5.90. The number of fused-ring (bicyclic) bond motifs is 1. The van der Waals surface area contributed by atoms with Gasteiger partial charge in [0.2, 0.25) is 0 Å². The van der Waals surface area contributed by atoms with Crippen LogP contribution in [0.1, 0.15) is 32.6 Å². The molecule has 1 aromatic heterocycles. The van der Waals surface area contributed by atoms with E-state index in [0.717, 1.165) is 0 Å². The molecule has 0 spiro atoms. The normalized spacial score (nSPS) is 11.7. The molecule has 0 atom stereocenters. The van der Waals surface area contributed by atoms with Crippen molar-refractivity contribution >= 4 is 28.3 Å². The van der Waals surface area contributed by atoms with Gasteiger partial charge in [-0.05, 0) is 48.5 Å². The fourth-order valence-corrected chi connectivity index (χ4v) is 3.31. The van der Waals surface area contributed by atoms with Crippen LogP contribution in [-0.4, -0.2) is 16.1 Å². The molecule has 0 aliphatic heterocycles. The lowest BCUT2D eigenvalue weighted by atomic mass is 10.0. The zero-order valence-corrected chi connectivity index (χ0v) is 17.5. The van der Waals surface area contributed by atoms with Gasteiger partial charge >= 0.3 is 12.4 Å². The number of aromatic amines is 1. The number of carbonyl (C=O) groups excluding carboxylic acids is 1. The van der Waals surface area contributed by atoms with Crippen molar-refractivity contribution in [2.45, 2.75) is 12.4 Å². The van der Waals surface area contributed by atoms with E-state index in [-0.39, 0.29) is 17.6 Å². The highest BCUT2D eigenvalue weighted by atomic mass is 19.4. The standard InChI is InChI=1S/C24H14F6N4O/c25-23(26,27)16-10-15(11-17(12-16)24(28,29)30)22(35)32-18-5-1-3-13(9-18)7-8-14-4-2-6-19-20(14)21(31)34-33-19/h1-6,9-12H,(H,32,35)(H3,31,33,34). The fraction of sp³-hybridized carbons (Fsp3) is 0.0833. The summed E-state index contributed by atoms with van der Waals surface area (Å²) >= 11 is 0. The molecule has 4 aromatic rings. The first-order chi connectivity index (χ1) is 16.4.